The molecular formula is C17H16P2+2. The molecule has 4 heterocycles. The minimum absolute atomic E-state index is 0.0541. The van der Waals surface area contributed by atoms with Crippen LogP contribution in [0.25, 0.3) is 12.2 Å². The lowest BCUT2D eigenvalue weighted by atomic mass is 10.2. The Kier molecular flexibility index (Phi) is 2.87. The molecule has 0 radical (unpaired) electrons. The van der Waals surface area contributed by atoms with Gasteiger partial charge in [0.15, 0.2) is 25.7 Å². The Labute approximate surface area is 116 Å². The predicted octanol–water partition coefficient (Wildman–Crippen LogP) is 5.87. The van der Waals surface area contributed by atoms with Crippen LogP contribution in [0.3, 0.4) is 0 Å². The van der Waals surface area contributed by atoms with E-state index in [2.05, 4.69) is 60.7 Å². The number of hydrogen-bond acceptors (Lipinski definition) is 0. The summed E-state index contributed by atoms with van der Waals surface area (Å²) in [6, 6.07) is 13.8. The topological polar surface area (TPSA) is 0 Å². The molecule has 2 aliphatic rings. The normalized spacial score (nSPS) is 16.6. The molecule has 0 saturated heterocycles. The summed E-state index contributed by atoms with van der Waals surface area (Å²) in [6.45, 7) is 0. The molecule has 2 aromatic heterocycles. The Morgan fingerprint density at radius 2 is 1.26 bits per heavy atom. The van der Waals surface area contributed by atoms with Crippen molar-refractivity contribution < 1.29 is 0 Å². The van der Waals surface area contributed by atoms with Crippen molar-refractivity contribution in [3.63, 3.8) is 0 Å². The average molecular weight is 282 g/mol. The summed E-state index contributed by atoms with van der Waals surface area (Å²) in [6.07, 6.45) is 11.7. The molecule has 0 N–H and O–H groups in total. The Hall–Kier alpha value is -1.22. The summed E-state index contributed by atoms with van der Waals surface area (Å²) < 4.78 is 0. The second-order valence-corrected chi connectivity index (χ2v) is 10.1. The molecule has 4 bridgehead atoms. The highest BCUT2D eigenvalue weighted by molar-refractivity contribution is 7.67. The van der Waals surface area contributed by atoms with Crippen LogP contribution in [0.1, 0.15) is 21.2 Å². The molecule has 0 spiro atoms. The highest BCUT2D eigenvalue weighted by Crippen LogP contribution is 2.55. The van der Waals surface area contributed by atoms with Gasteiger partial charge < -0.3 is 0 Å². The maximum Gasteiger partial charge on any atom is 0.264 e. The molecular weight excluding hydrogens is 266 g/mol. The van der Waals surface area contributed by atoms with Gasteiger partial charge in [0.1, 0.15) is 10.6 Å². The van der Waals surface area contributed by atoms with Gasteiger partial charge in [-0.2, -0.15) is 0 Å². The van der Waals surface area contributed by atoms with E-state index >= 15 is 0 Å². The minimum atomic E-state index is -0.0541. The monoisotopic (exact) mass is 282 g/mol. The standard InChI is InChI=1S/C17H16P2/c1-5-14-7-2-8-15(6-1)18(14)13-19-16-9-3-10-17(19)12-4-11-16/h1-7,9-11H,8,12-13H2/q+2. The van der Waals surface area contributed by atoms with Crippen molar-refractivity contribution in [3.05, 3.63) is 69.7 Å². The molecule has 0 aliphatic carbocycles. The largest absolute Gasteiger partial charge is 0.264 e. The van der Waals surface area contributed by atoms with Gasteiger partial charge >= 0.3 is 0 Å². The zero-order valence-electron chi connectivity index (χ0n) is 10.8. The van der Waals surface area contributed by atoms with Gasteiger partial charge in [-0.3, -0.25) is 0 Å². The van der Waals surface area contributed by atoms with E-state index in [1.165, 1.54) is 18.7 Å². The van der Waals surface area contributed by atoms with Crippen molar-refractivity contribution in [3.8, 4) is 0 Å². The highest BCUT2D eigenvalue weighted by Gasteiger charge is 2.31. The third-order valence-electron chi connectivity index (χ3n) is 3.94. The molecule has 0 saturated carbocycles. The van der Waals surface area contributed by atoms with Crippen LogP contribution >= 0.6 is 15.1 Å². The van der Waals surface area contributed by atoms with Gasteiger partial charge in [0.25, 0.3) is 5.90 Å². The molecule has 2 unspecified atom stereocenters. The Bertz CT molecular complexity index is 650. The molecule has 19 heavy (non-hydrogen) atoms. The van der Waals surface area contributed by atoms with Gasteiger partial charge in [0.2, 0.25) is 0 Å². The van der Waals surface area contributed by atoms with E-state index in [9.17, 15) is 0 Å². The molecule has 92 valence electrons. The predicted molar refractivity (Wildman–Crippen MR) is 88.0 cm³/mol. The first-order valence-electron chi connectivity index (χ1n) is 6.78. The van der Waals surface area contributed by atoms with Gasteiger partial charge in [0, 0.05) is 12.8 Å². The maximum absolute atomic E-state index is 2.36. The van der Waals surface area contributed by atoms with Crippen LogP contribution in [0, 0.1) is 0 Å². The van der Waals surface area contributed by atoms with Crippen LogP contribution in [0.15, 0.2) is 48.6 Å². The average Bonchev–Trinajstić information content (AvgIpc) is 2.38. The van der Waals surface area contributed by atoms with Crippen LogP contribution in [0.2, 0.25) is 0 Å². The molecule has 2 heteroatoms. The van der Waals surface area contributed by atoms with Crippen molar-refractivity contribution in [1.29, 1.82) is 0 Å². The molecule has 2 aliphatic heterocycles. The van der Waals surface area contributed by atoms with Gasteiger partial charge in [-0.05, 0) is 36.4 Å². The van der Waals surface area contributed by atoms with Crippen molar-refractivity contribution in [2.24, 2.45) is 0 Å². The van der Waals surface area contributed by atoms with Crippen LogP contribution in [-0.4, -0.2) is 0 Å². The lowest BCUT2D eigenvalue weighted by molar-refractivity contribution is 1.32. The first-order chi connectivity index (χ1) is 9.42. The summed E-state index contributed by atoms with van der Waals surface area (Å²) in [4.78, 5) is 0. The lowest BCUT2D eigenvalue weighted by Gasteiger charge is -2.06. The fourth-order valence-corrected chi connectivity index (χ4v) is 9.78. The van der Waals surface area contributed by atoms with Crippen molar-refractivity contribution >= 4 is 27.2 Å². The van der Waals surface area contributed by atoms with E-state index in [4.69, 9.17) is 0 Å². The minimum Gasteiger partial charge on any atom is -0.0719 e. The first-order valence-corrected chi connectivity index (χ1v) is 9.84. The van der Waals surface area contributed by atoms with E-state index in [1.54, 1.807) is 21.2 Å². The summed E-state index contributed by atoms with van der Waals surface area (Å²) in [5.41, 5.74) is 0. The summed E-state index contributed by atoms with van der Waals surface area (Å²) >= 11 is 0. The Morgan fingerprint density at radius 1 is 0.737 bits per heavy atom. The van der Waals surface area contributed by atoms with E-state index in [0.717, 1.165) is 0 Å². The highest BCUT2D eigenvalue weighted by atomic mass is 31.1. The fourth-order valence-electron chi connectivity index (χ4n) is 2.94. The number of allylic oxidation sites excluding steroid dienone is 2. The SMILES string of the molecule is C1=Cc2cccc([p+]2C[p+]2c3cccc2CC=C3)C1. The summed E-state index contributed by atoms with van der Waals surface area (Å²) in [5, 5.41) is 6.52. The number of hydrogen-bond donors (Lipinski definition) is 0. The van der Waals surface area contributed by atoms with Crippen LogP contribution in [0.5, 0.6) is 0 Å². The summed E-state index contributed by atoms with van der Waals surface area (Å²) in [7, 11) is -0.108. The molecule has 2 atom stereocenters. The zero-order chi connectivity index (χ0) is 12.7. The smallest absolute Gasteiger partial charge is 0.0719 e. The second-order valence-electron chi connectivity index (χ2n) is 5.09. The van der Waals surface area contributed by atoms with Gasteiger partial charge in [-0.15, -0.1) is 0 Å². The van der Waals surface area contributed by atoms with E-state index < -0.39 is 0 Å². The summed E-state index contributed by atoms with van der Waals surface area (Å²) in [5.74, 6) is 1.37. The second kappa shape index (κ2) is 4.71. The molecule has 0 amide bonds. The third-order valence-corrected chi connectivity index (χ3v) is 10.1. The molecule has 0 aromatic carbocycles. The van der Waals surface area contributed by atoms with E-state index in [1.807, 2.05) is 0 Å². The zero-order valence-corrected chi connectivity index (χ0v) is 12.6. The van der Waals surface area contributed by atoms with Crippen LogP contribution in [0.4, 0.5) is 0 Å². The number of fused-ring (bicyclic) bond motifs is 4. The Balaban J connectivity index is 1.83. The number of rotatable bonds is 2. The first kappa shape index (κ1) is 11.6. The molecule has 4 rings (SSSR count). The lowest BCUT2D eigenvalue weighted by Crippen LogP contribution is -1.91. The van der Waals surface area contributed by atoms with Crippen molar-refractivity contribution in [2.45, 2.75) is 18.7 Å². The van der Waals surface area contributed by atoms with Crippen LogP contribution < -0.4 is 0 Å². The van der Waals surface area contributed by atoms with Gasteiger partial charge in [-0.1, -0.05) is 24.3 Å². The van der Waals surface area contributed by atoms with E-state index in [0.29, 0.717) is 0 Å². The molecule has 0 nitrogen and oxygen atoms in total. The quantitative estimate of drug-likeness (QED) is 0.646. The van der Waals surface area contributed by atoms with Crippen LogP contribution in [-0.2, 0) is 18.7 Å². The Morgan fingerprint density at radius 3 is 1.74 bits per heavy atom. The van der Waals surface area contributed by atoms with Gasteiger partial charge in [-0.25, -0.2) is 0 Å². The van der Waals surface area contributed by atoms with Crippen molar-refractivity contribution in [2.75, 3.05) is 0 Å². The maximum atomic E-state index is 2.36. The fraction of sp³-hybridized carbons (Fsp3) is 0.176. The van der Waals surface area contributed by atoms with Crippen molar-refractivity contribution in [1.82, 2.24) is 0 Å². The van der Waals surface area contributed by atoms with Gasteiger partial charge in [0.05, 0.1) is 0 Å². The molecule has 2 aromatic rings. The van der Waals surface area contributed by atoms with E-state index in [-0.39, 0.29) is 15.1 Å². The third kappa shape index (κ3) is 2.00. The molecule has 0 fully saturated rings.